The molecule has 0 fully saturated rings. The summed E-state index contributed by atoms with van der Waals surface area (Å²) in [6.07, 6.45) is -0.911. The maximum absolute atomic E-state index is 15.6. The molecule has 2 rings (SSSR count). The zero-order chi connectivity index (χ0) is 23.0. The molecular formula is C20H30FO6PSSi. The molecule has 0 aliphatic heterocycles. The summed E-state index contributed by atoms with van der Waals surface area (Å²) in [6.45, 7) is 12.6. The molecule has 0 atom stereocenters. The van der Waals surface area contributed by atoms with Crippen molar-refractivity contribution in [2.75, 3.05) is 13.3 Å². The Bertz CT molecular complexity index is 960. The molecule has 0 saturated heterocycles. The summed E-state index contributed by atoms with van der Waals surface area (Å²) in [5.41, 5.74) is 0.667. The van der Waals surface area contributed by atoms with Crippen molar-refractivity contribution >= 4 is 43.1 Å². The molecule has 30 heavy (non-hydrogen) atoms. The van der Waals surface area contributed by atoms with Crippen molar-refractivity contribution in [3.63, 3.8) is 0 Å². The van der Waals surface area contributed by atoms with Crippen LogP contribution in [-0.2, 0) is 4.57 Å². The number of methoxy groups -OCH3 is 1. The molecule has 0 aliphatic rings. The molecule has 6 nitrogen and oxygen atoms in total. The molecule has 10 heteroatoms. The number of Topliss-reactive ketones (excluding diaryl/α,β-unsaturated/α-hetero) is 1. The maximum Gasteiger partial charge on any atom is 0.333 e. The number of ether oxygens (including phenoxy) is 1. The van der Waals surface area contributed by atoms with Gasteiger partial charge in [-0.3, -0.25) is 9.36 Å². The molecule has 0 aliphatic carbocycles. The Morgan fingerprint density at radius 3 is 2.10 bits per heavy atom. The molecule has 1 aromatic heterocycles. The van der Waals surface area contributed by atoms with E-state index in [0.29, 0.717) is 4.70 Å². The van der Waals surface area contributed by atoms with Crippen molar-refractivity contribution in [3.8, 4) is 11.5 Å². The smallest absolute Gasteiger partial charge is 0.333 e. The number of hydrogen-bond acceptors (Lipinski definition) is 5. The lowest BCUT2D eigenvalue weighted by Gasteiger charge is -2.42. The van der Waals surface area contributed by atoms with E-state index in [0.717, 1.165) is 11.3 Å². The average Bonchev–Trinajstić information content (AvgIpc) is 3.03. The van der Waals surface area contributed by atoms with E-state index in [1.54, 1.807) is 6.07 Å². The van der Waals surface area contributed by atoms with Crippen molar-refractivity contribution in [1.82, 2.24) is 0 Å². The first-order valence-corrected chi connectivity index (χ1v) is 14.6. The molecule has 0 amide bonds. The first-order chi connectivity index (χ1) is 13.7. The summed E-state index contributed by atoms with van der Waals surface area (Å²) in [5.74, 6) is -1.05. The normalized spacial score (nSPS) is 13.0. The number of thiophene rings is 1. The van der Waals surface area contributed by atoms with Gasteiger partial charge in [0.05, 0.1) is 12.0 Å². The molecule has 0 bridgehead atoms. The first-order valence-electron chi connectivity index (χ1n) is 9.81. The van der Waals surface area contributed by atoms with Crippen LogP contribution in [0.15, 0.2) is 12.1 Å². The highest BCUT2D eigenvalue weighted by atomic mass is 32.1. The van der Waals surface area contributed by atoms with Gasteiger partial charge < -0.3 is 18.9 Å². The Labute approximate surface area is 181 Å². The van der Waals surface area contributed by atoms with Gasteiger partial charge in [-0.1, -0.05) is 41.5 Å². The van der Waals surface area contributed by atoms with Gasteiger partial charge in [0.15, 0.2) is 23.1 Å². The Morgan fingerprint density at radius 1 is 1.13 bits per heavy atom. The molecule has 0 unspecified atom stereocenters. The van der Waals surface area contributed by atoms with Crippen molar-refractivity contribution in [2.45, 2.75) is 58.2 Å². The lowest BCUT2D eigenvalue weighted by molar-refractivity contribution is 0.101. The summed E-state index contributed by atoms with van der Waals surface area (Å²) in [6, 6.07) is 2.95. The summed E-state index contributed by atoms with van der Waals surface area (Å²) < 4.78 is 39.2. The van der Waals surface area contributed by atoms with Gasteiger partial charge in [0.2, 0.25) is 0 Å². The third-order valence-electron chi connectivity index (χ3n) is 5.51. The van der Waals surface area contributed by atoms with Crippen LogP contribution in [0.5, 0.6) is 11.5 Å². The minimum atomic E-state index is -4.51. The van der Waals surface area contributed by atoms with Crippen molar-refractivity contribution in [1.29, 1.82) is 0 Å². The van der Waals surface area contributed by atoms with Crippen molar-refractivity contribution < 1.29 is 32.7 Å². The Balaban J connectivity index is 2.64. The fourth-order valence-electron chi connectivity index (χ4n) is 4.28. The fraction of sp³-hybridized carbons (Fsp3) is 0.550. The quantitative estimate of drug-likeness (QED) is 0.263. The highest BCUT2D eigenvalue weighted by Gasteiger charge is 2.48. The number of halogens is 1. The van der Waals surface area contributed by atoms with E-state index in [4.69, 9.17) is 18.9 Å². The zero-order valence-electron chi connectivity index (χ0n) is 18.4. The third-order valence-corrected chi connectivity index (χ3v) is 13.3. The van der Waals surface area contributed by atoms with Gasteiger partial charge in [-0.25, -0.2) is 4.39 Å². The van der Waals surface area contributed by atoms with Crippen LogP contribution in [0.3, 0.4) is 0 Å². The highest BCUT2D eigenvalue weighted by Crippen LogP contribution is 2.48. The molecule has 2 aromatic rings. The van der Waals surface area contributed by atoms with Crippen molar-refractivity contribution in [2.24, 2.45) is 0 Å². The van der Waals surface area contributed by atoms with Crippen LogP contribution < -0.4 is 9.16 Å². The van der Waals surface area contributed by atoms with Gasteiger partial charge in [-0.2, -0.15) is 0 Å². The Kier molecular flexibility index (Phi) is 7.57. The number of carbonyl (C=O) groups is 1. The number of benzene rings is 1. The second-order valence-electron chi connectivity index (χ2n) is 8.41. The predicted molar refractivity (Wildman–Crippen MR) is 121 cm³/mol. The van der Waals surface area contributed by atoms with E-state index in [1.165, 1.54) is 13.2 Å². The topological polar surface area (TPSA) is 93.1 Å². The SMILES string of the molecule is COc1cc2sc(C(=O)CP(=O)(O)O)cc2c(F)c1O[Si](C(C)C)(C(C)C)C(C)C. The van der Waals surface area contributed by atoms with Crippen molar-refractivity contribution in [3.05, 3.63) is 22.8 Å². The van der Waals surface area contributed by atoms with E-state index >= 15 is 4.39 Å². The molecule has 1 heterocycles. The highest BCUT2D eigenvalue weighted by molar-refractivity contribution is 7.53. The number of ketones is 1. The van der Waals surface area contributed by atoms with E-state index < -0.39 is 33.7 Å². The van der Waals surface area contributed by atoms with Gasteiger partial charge >= 0.3 is 7.60 Å². The van der Waals surface area contributed by atoms with Crippen LogP contribution in [-0.4, -0.2) is 37.2 Å². The second-order valence-corrected chi connectivity index (χ2v) is 16.5. The van der Waals surface area contributed by atoms with Gasteiger partial charge in [-0.05, 0) is 22.7 Å². The van der Waals surface area contributed by atoms with Gasteiger partial charge in [-0.15, -0.1) is 11.3 Å². The zero-order valence-corrected chi connectivity index (χ0v) is 21.1. The van der Waals surface area contributed by atoms with E-state index in [1.807, 2.05) is 0 Å². The number of carbonyl (C=O) groups excluding carboxylic acids is 1. The van der Waals surface area contributed by atoms with Crippen LogP contribution in [0.4, 0.5) is 4.39 Å². The molecule has 168 valence electrons. The molecule has 0 spiro atoms. The van der Waals surface area contributed by atoms with E-state index in [2.05, 4.69) is 41.5 Å². The predicted octanol–water partition coefficient (Wildman–Crippen LogP) is 5.96. The lowest BCUT2D eigenvalue weighted by Crippen LogP contribution is -2.51. The summed E-state index contributed by atoms with van der Waals surface area (Å²) >= 11 is 0.978. The van der Waals surface area contributed by atoms with Gasteiger partial charge in [0.1, 0.15) is 6.16 Å². The van der Waals surface area contributed by atoms with Crippen LogP contribution in [0.2, 0.25) is 16.6 Å². The Morgan fingerprint density at radius 2 is 1.67 bits per heavy atom. The minimum Gasteiger partial charge on any atom is -0.538 e. The molecule has 0 radical (unpaired) electrons. The number of hydrogen-bond donors (Lipinski definition) is 2. The molecule has 0 saturated carbocycles. The van der Waals surface area contributed by atoms with Crippen LogP contribution in [0.1, 0.15) is 51.2 Å². The van der Waals surface area contributed by atoms with E-state index in [9.17, 15) is 9.36 Å². The Hall–Kier alpha value is -1.25. The summed E-state index contributed by atoms with van der Waals surface area (Å²) in [4.78, 5) is 30.5. The van der Waals surface area contributed by atoms with Crippen LogP contribution in [0.25, 0.3) is 10.1 Å². The van der Waals surface area contributed by atoms with Crippen LogP contribution in [0, 0.1) is 5.82 Å². The largest absolute Gasteiger partial charge is 0.538 e. The molecular weight excluding hydrogens is 446 g/mol. The monoisotopic (exact) mass is 476 g/mol. The first kappa shape index (κ1) is 25.0. The lowest BCUT2D eigenvalue weighted by atomic mass is 10.2. The standard InChI is InChI=1S/C20H30FO6PSSi/c1-11(2)30(12(3)4,13(5)6)27-20-16(26-7)9-17-14(19(20)21)8-18(29-17)15(22)10-28(23,24)25/h8-9,11-13H,10H2,1-7H3,(H2,23,24,25). The van der Waals surface area contributed by atoms with E-state index in [-0.39, 0.29) is 38.4 Å². The van der Waals surface area contributed by atoms with Crippen LogP contribution >= 0.6 is 18.9 Å². The fourth-order valence-corrected chi connectivity index (χ4v) is 11.2. The maximum atomic E-state index is 15.6. The second kappa shape index (κ2) is 9.08. The number of fused-ring (bicyclic) bond motifs is 1. The van der Waals surface area contributed by atoms with Gasteiger partial charge in [0.25, 0.3) is 8.32 Å². The third kappa shape index (κ3) is 4.80. The minimum absolute atomic E-state index is 0.0413. The molecule has 2 N–H and O–H groups in total. The average molecular weight is 477 g/mol. The number of rotatable bonds is 9. The molecule has 1 aromatic carbocycles. The van der Waals surface area contributed by atoms with Gasteiger partial charge in [0, 0.05) is 16.2 Å². The summed E-state index contributed by atoms with van der Waals surface area (Å²) in [5, 5.41) is 0.184. The summed E-state index contributed by atoms with van der Waals surface area (Å²) in [7, 11) is -5.54.